The van der Waals surface area contributed by atoms with Crippen molar-refractivity contribution in [2.45, 2.75) is 25.8 Å². The van der Waals surface area contributed by atoms with Crippen LogP contribution in [0.4, 0.5) is 5.82 Å². The van der Waals surface area contributed by atoms with Gasteiger partial charge >= 0.3 is 0 Å². The molecule has 0 spiro atoms. The van der Waals surface area contributed by atoms with Crippen LogP contribution in [0, 0.1) is 17.3 Å². The minimum atomic E-state index is -0.323. The largest absolute Gasteiger partial charge is 0.493 e. The number of ether oxygens (including phenoxy) is 1. The maximum absolute atomic E-state index is 13.4. The first-order valence-corrected chi connectivity index (χ1v) is 12.9. The van der Waals surface area contributed by atoms with Crippen LogP contribution >= 0.6 is 0 Å². The second-order valence-electron chi connectivity index (χ2n) is 10.8. The van der Waals surface area contributed by atoms with Crippen molar-refractivity contribution in [2.75, 3.05) is 32.6 Å². The summed E-state index contributed by atoms with van der Waals surface area (Å²) in [5, 5.41) is 8.04. The van der Waals surface area contributed by atoms with Gasteiger partial charge in [0, 0.05) is 43.0 Å². The number of carbonyl (C=O) groups is 1. The number of nitrogens with one attached hydrogen (secondary N) is 1. The van der Waals surface area contributed by atoms with E-state index in [1.54, 1.807) is 13.4 Å². The lowest BCUT2D eigenvalue weighted by molar-refractivity contribution is -0.121. The minimum absolute atomic E-state index is 0.00706. The zero-order valence-electron chi connectivity index (χ0n) is 21.0. The Balaban J connectivity index is 1.32. The molecule has 1 aromatic carbocycles. The van der Waals surface area contributed by atoms with Crippen molar-refractivity contribution in [3.63, 3.8) is 0 Å². The van der Waals surface area contributed by atoms with Crippen LogP contribution in [0.2, 0.25) is 0 Å². The summed E-state index contributed by atoms with van der Waals surface area (Å²) in [5.41, 5.74) is 4.39. The first-order chi connectivity index (χ1) is 18.0. The number of likely N-dealkylation sites (tertiary alicyclic amines) is 1. The van der Waals surface area contributed by atoms with Gasteiger partial charge in [-0.1, -0.05) is 30.3 Å². The van der Waals surface area contributed by atoms with Crippen LogP contribution < -0.4 is 10.1 Å². The number of aromatic nitrogens is 5. The van der Waals surface area contributed by atoms with Gasteiger partial charge in [0.05, 0.1) is 18.0 Å². The van der Waals surface area contributed by atoms with Crippen molar-refractivity contribution in [3.05, 3.63) is 48.9 Å². The van der Waals surface area contributed by atoms with E-state index in [0.29, 0.717) is 40.1 Å². The van der Waals surface area contributed by atoms with E-state index in [9.17, 15) is 4.79 Å². The van der Waals surface area contributed by atoms with Gasteiger partial charge in [0.2, 0.25) is 5.91 Å². The number of rotatable bonds is 7. The van der Waals surface area contributed by atoms with Crippen molar-refractivity contribution in [3.8, 4) is 28.3 Å². The number of nitrogens with zero attached hydrogens (tertiary/aromatic N) is 6. The standard InChI is InChI=1S/C28H29N7O2/c1-34-13-19-11-28(19,15-34)27(36)32-26-22(37-2)10-21-25(31-26)24(30-16-29-21)20-14-35(12-17-8-9-17)33-23(20)18-6-4-3-5-7-18/h3-7,10,14,16-17,19H,8-9,11-13,15H2,1-2H3,(H,31,32,36)/t19-,28-/m1/s1. The lowest BCUT2D eigenvalue weighted by Crippen LogP contribution is -2.31. The Labute approximate surface area is 214 Å². The van der Waals surface area contributed by atoms with Crippen molar-refractivity contribution < 1.29 is 9.53 Å². The molecular weight excluding hydrogens is 466 g/mol. The molecule has 9 heteroatoms. The summed E-state index contributed by atoms with van der Waals surface area (Å²) in [7, 11) is 3.64. The highest BCUT2D eigenvalue weighted by Gasteiger charge is 2.64. The van der Waals surface area contributed by atoms with Crippen molar-refractivity contribution in [1.82, 2.24) is 29.6 Å². The molecule has 0 unspecified atom stereocenters. The topological polar surface area (TPSA) is 98.1 Å². The Morgan fingerprint density at radius 3 is 2.76 bits per heavy atom. The number of amides is 1. The highest BCUT2D eigenvalue weighted by Crippen LogP contribution is 2.58. The molecule has 2 saturated carbocycles. The van der Waals surface area contributed by atoms with E-state index in [0.717, 1.165) is 42.9 Å². The highest BCUT2D eigenvalue weighted by atomic mass is 16.5. The van der Waals surface area contributed by atoms with Crippen LogP contribution in [-0.4, -0.2) is 62.8 Å². The van der Waals surface area contributed by atoms with E-state index in [2.05, 4.69) is 45.6 Å². The first kappa shape index (κ1) is 22.4. The molecule has 2 aliphatic carbocycles. The van der Waals surface area contributed by atoms with Crippen molar-refractivity contribution in [2.24, 2.45) is 17.3 Å². The van der Waals surface area contributed by atoms with Gasteiger partial charge in [-0.05, 0) is 38.1 Å². The number of fused-ring (bicyclic) bond motifs is 2. The molecular formula is C28H29N7O2. The maximum atomic E-state index is 13.4. The summed E-state index contributed by atoms with van der Waals surface area (Å²) in [4.78, 5) is 29.6. The van der Waals surface area contributed by atoms with Gasteiger partial charge in [-0.2, -0.15) is 5.10 Å². The molecule has 1 saturated heterocycles. The summed E-state index contributed by atoms with van der Waals surface area (Å²) < 4.78 is 7.64. The molecule has 37 heavy (non-hydrogen) atoms. The molecule has 3 aliphatic rings. The lowest BCUT2D eigenvalue weighted by Gasteiger charge is -2.17. The average Bonchev–Trinajstić information content (AvgIpc) is 3.78. The van der Waals surface area contributed by atoms with E-state index in [1.165, 1.54) is 12.8 Å². The average molecular weight is 496 g/mol. The van der Waals surface area contributed by atoms with Gasteiger partial charge in [0.25, 0.3) is 0 Å². The van der Waals surface area contributed by atoms with E-state index in [4.69, 9.17) is 14.8 Å². The Hall–Kier alpha value is -3.85. The van der Waals surface area contributed by atoms with E-state index < -0.39 is 0 Å². The molecule has 9 nitrogen and oxygen atoms in total. The third-order valence-electron chi connectivity index (χ3n) is 8.00. The third-order valence-corrected chi connectivity index (χ3v) is 8.00. The second kappa shape index (κ2) is 8.34. The predicted octanol–water partition coefficient (Wildman–Crippen LogP) is 3.86. The van der Waals surface area contributed by atoms with Gasteiger partial charge in [0.15, 0.2) is 11.6 Å². The Morgan fingerprint density at radius 1 is 1.19 bits per heavy atom. The normalized spacial score (nSPS) is 22.7. The predicted molar refractivity (Wildman–Crippen MR) is 140 cm³/mol. The number of methoxy groups -OCH3 is 1. The minimum Gasteiger partial charge on any atom is -0.493 e. The van der Waals surface area contributed by atoms with Gasteiger partial charge in [-0.3, -0.25) is 9.48 Å². The fourth-order valence-corrected chi connectivity index (χ4v) is 5.79. The van der Waals surface area contributed by atoms with Crippen LogP contribution in [0.25, 0.3) is 33.5 Å². The molecule has 1 aliphatic heterocycles. The fraction of sp³-hybridized carbons (Fsp3) is 0.393. The SMILES string of the molecule is COc1cc2ncnc(-c3cn(CC4CC4)nc3-c3ccccc3)c2nc1NC(=O)[C@@]12C[C@@H]1CN(C)C2. The number of piperidine rings is 1. The number of carbonyl (C=O) groups excluding carboxylic acids is 1. The van der Waals surface area contributed by atoms with Crippen LogP contribution in [0.5, 0.6) is 5.75 Å². The lowest BCUT2D eigenvalue weighted by atomic mass is 10.0. The summed E-state index contributed by atoms with van der Waals surface area (Å²) in [6.45, 7) is 2.62. The van der Waals surface area contributed by atoms with Crippen molar-refractivity contribution >= 4 is 22.8 Å². The van der Waals surface area contributed by atoms with Gasteiger partial charge < -0.3 is 15.0 Å². The maximum Gasteiger partial charge on any atom is 0.233 e. The molecule has 0 bridgehead atoms. The summed E-state index contributed by atoms with van der Waals surface area (Å²) in [6, 6.07) is 12.0. The van der Waals surface area contributed by atoms with Gasteiger partial charge in [0.1, 0.15) is 23.2 Å². The van der Waals surface area contributed by atoms with Crippen LogP contribution in [0.1, 0.15) is 19.3 Å². The number of benzene rings is 1. The summed E-state index contributed by atoms with van der Waals surface area (Å²) in [5.74, 6) is 1.99. The summed E-state index contributed by atoms with van der Waals surface area (Å²) in [6.07, 6.45) is 7.03. The van der Waals surface area contributed by atoms with Gasteiger partial charge in [-0.25, -0.2) is 15.0 Å². The second-order valence-corrected chi connectivity index (χ2v) is 10.8. The molecule has 4 aromatic rings. The quantitative estimate of drug-likeness (QED) is 0.416. The van der Waals surface area contributed by atoms with Gasteiger partial charge in [-0.15, -0.1) is 0 Å². The third kappa shape index (κ3) is 3.85. The Kier molecular flexibility index (Phi) is 5.04. The van der Waals surface area contributed by atoms with Crippen LogP contribution in [-0.2, 0) is 11.3 Å². The molecule has 1 amide bonds. The molecule has 7 rings (SSSR count). The van der Waals surface area contributed by atoms with E-state index in [1.807, 2.05) is 28.9 Å². The number of hydrogen-bond acceptors (Lipinski definition) is 7. The molecule has 3 aromatic heterocycles. The Bertz CT molecular complexity index is 1510. The number of pyridine rings is 1. The molecule has 0 radical (unpaired) electrons. The molecule has 188 valence electrons. The zero-order chi connectivity index (χ0) is 25.1. The van der Waals surface area contributed by atoms with E-state index >= 15 is 0 Å². The Morgan fingerprint density at radius 2 is 2.03 bits per heavy atom. The van der Waals surface area contributed by atoms with E-state index in [-0.39, 0.29) is 11.3 Å². The molecule has 3 fully saturated rings. The van der Waals surface area contributed by atoms with Crippen LogP contribution in [0.3, 0.4) is 0 Å². The monoisotopic (exact) mass is 495 g/mol. The molecule has 4 heterocycles. The molecule has 2 atom stereocenters. The first-order valence-electron chi connectivity index (χ1n) is 12.9. The zero-order valence-corrected chi connectivity index (χ0v) is 21.0. The summed E-state index contributed by atoms with van der Waals surface area (Å²) >= 11 is 0. The van der Waals surface area contributed by atoms with Crippen molar-refractivity contribution in [1.29, 1.82) is 0 Å². The van der Waals surface area contributed by atoms with Crippen LogP contribution in [0.15, 0.2) is 48.9 Å². The highest BCUT2D eigenvalue weighted by molar-refractivity contribution is 6.01. The number of anilines is 1. The smallest absolute Gasteiger partial charge is 0.233 e. The fourth-order valence-electron chi connectivity index (χ4n) is 5.79. The molecule has 1 N–H and O–H groups in total. The number of hydrogen-bond donors (Lipinski definition) is 1.